The highest BCUT2D eigenvalue weighted by Crippen LogP contribution is 2.28. The molecule has 8 nitrogen and oxygen atoms in total. The van der Waals surface area contributed by atoms with E-state index in [4.69, 9.17) is 5.73 Å². The lowest BCUT2D eigenvalue weighted by Crippen LogP contribution is -2.34. The van der Waals surface area contributed by atoms with E-state index in [2.05, 4.69) is 36.9 Å². The van der Waals surface area contributed by atoms with Gasteiger partial charge in [-0.25, -0.2) is 4.98 Å². The smallest absolute Gasteiger partial charge is 0.258 e. The first-order valence-corrected chi connectivity index (χ1v) is 6.87. The fourth-order valence-corrected chi connectivity index (χ4v) is 2.26. The number of aromatic nitrogens is 6. The number of nitrogens with two attached hydrogens (primary N) is 1. The summed E-state index contributed by atoms with van der Waals surface area (Å²) in [5.41, 5.74) is 5.78. The molecule has 2 heterocycles. The maximum Gasteiger partial charge on any atom is 0.258 e. The summed E-state index contributed by atoms with van der Waals surface area (Å²) in [4.78, 5) is 18.8. The number of hydrogen-bond donors (Lipinski definition) is 1. The monoisotopic (exact) mass is 274 g/mol. The quantitative estimate of drug-likeness (QED) is 0.855. The SMILES string of the molecule is CCN(CC1CCC1)c1nc(N)nc(-n2cncn2)n1. The molecule has 0 unspecified atom stereocenters. The van der Waals surface area contributed by atoms with Crippen molar-refractivity contribution < 1.29 is 0 Å². The molecule has 1 saturated carbocycles. The first kappa shape index (κ1) is 12.8. The summed E-state index contributed by atoms with van der Waals surface area (Å²) in [6, 6.07) is 0. The lowest BCUT2D eigenvalue weighted by molar-refractivity contribution is 0.317. The van der Waals surface area contributed by atoms with Crippen LogP contribution in [0.4, 0.5) is 11.9 Å². The van der Waals surface area contributed by atoms with Crippen molar-refractivity contribution in [2.45, 2.75) is 26.2 Å². The van der Waals surface area contributed by atoms with Gasteiger partial charge in [-0.05, 0) is 25.7 Å². The van der Waals surface area contributed by atoms with E-state index in [1.807, 2.05) is 0 Å². The maximum atomic E-state index is 5.78. The Balaban J connectivity index is 1.87. The Kier molecular flexibility index (Phi) is 3.44. The standard InChI is InChI=1S/C12H18N8/c1-2-19(6-9-4-3-5-9)11-16-10(13)17-12(18-11)20-8-14-7-15-20/h7-9H,2-6H2,1H3,(H2,13,16,17,18). The summed E-state index contributed by atoms with van der Waals surface area (Å²) < 4.78 is 1.48. The highest BCUT2D eigenvalue weighted by atomic mass is 15.4. The lowest BCUT2D eigenvalue weighted by atomic mass is 9.85. The first-order valence-electron chi connectivity index (χ1n) is 6.87. The largest absolute Gasteiger partial charge is 0.368 e. The molecule has 0 aromatic carbocycles. The summed E-state index contributed by atoms with van der Waals surface area (Å²) in [5, 5.41) is 4.02. The Labute approximate surface area is 117 Å². The van der Waals surface area contributed by atoms with Gasteiger partial charge in [0.15, 0.2) is 0 Å². The zero-order valence-corrected chi connectivity index (χ0v) is 11.5. The molecule has 0 radical (unpaired) electrons. The zero-order valence-electron chi connectivity index (χ0n) is 11.5. The van der Waals surface area contributed by atoms with Crippen molar-refractivity contribution in [3.63, 3.8) is 0 Å². The Morgan fingerprint density at radius 3 is 2.80 bits per heavy atom. The van der Waals surface area contributed by atoms with E-state index >= 15 is 0 Å². The number of hydrogen-bond acceptors (Lipinski definition) is 7. The van der Waals surface area contributed by atoms with Crippen molar-refractivity contribution in [3.8, 4) is 5.95 Å². The van der Waals surface area contributed by atoms with Crippen molar-refractivity contribution in [1.82, 2.24) is 29.7 Å². The van der Waals surface area contributed by atoms with Gasteiger partial charge in [-0.15, -0.1) is 0 Å². The molecule has 0 aliphatic heterocycles. The Morgan fingerprint density at radius 2 is 2.20 bits per heavy atom. The van der Waals surface area contributed by atoms with Gasteiger partial charge in [-0.2, -0.15) is 24.7 Å². The van der Waals surface area contributed by atoms with Crippen LogP contribution in [-0.2, 0) is 0 Å². The van der Waals surface area contributed by atoms with Gasteiger partial charge >= 0.3 is 0 Å². The molecule has 1 fully saturated rings. The fourth-order valence-electron chi connectivity index (χ4n) is 2.26. The van der Waals surface area contributed by atoms with Crippen LogP contribution >= 0.6 is 0 Å². The van der Waals surface area contributed by atoms with E-state index in [0.29, 0.717) is 11.9 Å². The molecule has 0 amide bonds. The molecule has 2 N–H and O–H groups in total. The van der Waals surface area contributed by atoms with Gasteiger partial charge in [0.1, 0.15) is 12.7 Å². The van der Waals surface area contributed by atoms with Gasteiger partial charge in [0, 0.05) is 13.1 Å². The molecule has 106 valence electrons. The van der Waals surface area contributed by atoms with Crippen LogP contribution in [0, 0.1) is 5.92 Å². The minimum absolute atomic E-state index is 0.201. The summed E-state index contributed by atoms with van der Waals surface area (Å²) in [6.45, 7) is 3.90. The van der Waals surface area contributed by atoms with Crippen molar-refractivity contribution in [2.24, 2.45) is 5.92 Å². The average molecular weight is 274 g/mol. The van der Waals surface area contributed by atoms with Gasteiger partial charge in [0.2, 0.25) is 11.9 Å². The van der Waals surface area contributed by atoms with E-state index in [-0.39, 0.29) is 5.95 Å². The number of anilines is 2. The molecule has 3 rings (SSSR count). The molecule has 0 atom stereocenters. The van der Waals surface area contributed by atoms with E-state index in [9.17, 15) is 0 Å². The van der Waals surface area contributed by atoms with Crippen LogP contribution in [0.2, 0.25) is 0 Å². The molecule has 0 spiro atoms. The van der Waals surface area contributed by atoms with Crippen LogP contribution in [0.3, 0.4) is 0 Å². The second-order valence-corrected chi connectivity index (χ2v) is 4.97. The van der Waals surface area contributed by atoms with E-state index in [0.717, 1.165) is 19.0 Å². The molecule has 2 aromatic rings. The van der Waals surface area contributed by atoms with Gasteiger partial charge in [0.05, 0.1) is 0 Å². The number of nitrogens with zero attached hydrogens (tertiary/aromatic N) is 7. The number of nitrogen functional groups attached to an aromatic ring is 1. The molecule has 2 aromatic heterocycles. The predicted octanol–water partition coefficient (Wildman–Crippen LogP) is 0.661. The van der Waals surface area contributed by atoms with Crippen molar-refractivity contribution in [1.29, 1.82) is 0 Å². The first-order chi connectivity index (χ1) is 9.76. The molecule has 1 aliphatic rings. The highest BCUT2D eigenvalue weighted by Gasteiger charge is 2.22. The Bertz CT molecular complexity index is 563. The van der Waals surface area contributed by atoms with Gasteiger partial charge in [0.25, 0.3) is 5.95 Å². The zero-order chi connectivity index (χ0) is 13.9. The third kappa shape index (κ3) is 2.54. The summed E-state index contributed by atoms with van der Waals surface area (Å²) in [7, 11) is 0. The van der Waals surface area contributed by atoms with E-state index < -0.39 is 0 Å². The molecule has 1 aliphatic carbocycles. The van der Waals surface area contributed by atoms with Gasteiger partial charge < -0.3 is 10.6 Å². The third-order valence-electron chi connectivity index (χ3n) is 3.62. The lowest BCUT2D eigenvalue weighted by Gasteiger charge is -2.31. The summed E-state index contributed by atoms with van der Waals surface area (Å²) >= 11 is 0. The van der Waals surface area contributed by atoms with Crippen LogP contribution < -0.4 is 10.6 Å². The van der Waals surface area contributed by atoms with Crippen molar-refractivity contribution in [3.05, 3.63) is 12.7 Å². The number of rotatable bonds is 5. The van der Waals surface area contributed by atoms with Crippen molar-refractivity contribution >= 4 is 11.9 Å². The van der Waals surface area contributed by atoms with Gasteiger partial charge in [-0.1, -0.05) is 6.42 Å². The molecular formula is C12H18N8. The van der Waals surface area contributed by atoms with E-state index in [1.165, 1.54) is 30.3 Å². The summed E-state index contributed by atoms with van der Waals surface area (Å²) in [6.07, 6.45) is 6.87. The topological polar surface area (TPSA) is 98.6 Å². The fraction of sp³-hybridized carbons (Fsp3) is 0.583. The third-order valence-corrected chi connectivity index (χ3v) is 3.62. The molecular weight excluding hydrogens is 256 g/mol. The molecule has 20 heavy (non-hydrogen) atoms. The average Bonchev–Trinajstić information content (AvgIpc) is 2.91. The minimum Gasteiger partial charge on any atom is -0.368 e. The summed E-state index contributed by atoms with van der Waals surface area (Å²) in [5.74, 6) is 1.95. The van der Waals surface area contributed by atoms with Crippen LogP contribution in [-0.4, -0.2) is 42.8 Å². The van der Waals surface area contributed by atoms with Crippen molar-refractivity contribution in [2.75, 3.05) is 23.7 Å². The van der Waals surface area contributed by atoms with Crippen LogP contribution in [0.15, 0.2) is 12.7 Å². The van der Waals surface area contributed by atoms with Crippen LogP contribution in [0.5, 0.6) is 0 Å². The normalized spacial score (nSPS) is 15.1. The van der Waals surface area contributed by atoms with Crippen LogP contribution in [0.25, 0.3) is 5.95 Å². The highest BCUT2D eigenvalue weighted by molar-refractivity contribution is 5.37. The Hall–Kier alpha value is -2.25. The second kappa shape index (κ2) is 5.40. The molecule has 0 bridgehead atoms. The molecule has 8 heteroatoms. The maximum absolute atomic E-state index is 5.78. The second-order valence-electron chi connectivity index (χ2n) is 4.97. The van der Waals surface area contributed by atoms with Crippen LogP contribution in [0.1, 0.15) is 26.2 Å². The minimum atomic E-state index is 0.201. The predicted molar refractivity (Wildman–Crippen MR) is 74.4 cm³/mol. The van der Waals surface area contributed by atoms with E-state index in [1.54, 1.807) is 6.33 Å². The van der Waals surface area contributed by atoms with Gasteiger partial charge in [-0.3, -0.25) is 0 Å². The molecule has 0 saturated heterocycles. The Morgan fingerprint density at radius 1 is 1.35 bits per heavy atom.